The second-order valence-electron chi connectivity index (χ2n) is 3.16. The maximum Gasteiger partial charge on any atom is 0.136 e. The lowest BCUT2D eigenvalue weighted by molar-refractivity contribution is 0.407. The first-order chi connectivity index (χ1) is 6.72. The van der Waals surface area contributed by atoms with E-state index in [1.54, 1.807) is 7.11 Å². The molecule has 0 aliphatic heterocycles. The summed E-state index contributed by atoms with van der Waals surface area (Å²) in [5.74, 6) is 0.910. The average molecular weight is 258 g/mol. The molecule has 2 nitrogen and oxygen atoms in total. The van der Waals surface area contributed by atoms with Crippen molar-refractivity contribution in [2.24, 2.45) is 5.73 Å². The fraction of sp³-hybridized carbons (Fsp3) is 0.455. The van der Waals surface area contributed by atoms with Gasteiger partial charge in [0.25, 0.3) is 0 Å². The molecule has 1 aromatic carbocycles. The third-order valence-corrected chi connectivity index (χ3v) is 2.80. The van der Waals surface area contributed by atoms with Crippen LogP contribution in [-0.4, -0.2) is 13.7 Å². The summed E-state index contributed by atoms with van der Waals surface area (Å²) in [6, 6.07) is 4.26. The molecule has 3 heteroatoms. The first kappa shape index (κ1) is 11.5. The average Bonchev–Trinajstić information content (AvgIpc) is 2.18. The van der Waals surface area contributed by atoms with Gasteiger partial charge in [-0.3, -0.25) is 0 Å². The summed E-state index contributed by atoms with van der Waals surface area (Å²) in [6.07, 6.45) is 1.88. The first-order valence-electron chi connectivity index (χ1n) is 4.78. The summed E-state index contributed by atoms with van der Waals surface area (Å²) in [6.45, 7) is 2.79. The van der Waals surface area contributed by atoms with Crippen molar-refractivity contribution in [3.8, 4) is 5.75 Å². The summed E-state index contributed by atoms with van der Waals surface area (Å²) < 4.78 is 6.34. The Balaban J connectivity index is 3.13. The number of benzene rings is 1. The van der Waals surface area contributed by atoms with Crippen molar-refractivity contribution in [1.82, 2.24) is 0 Å². The van der Waals surface area contributed by atoms with E-state index in [-0.39, 0.29) is 0 Å². The summed E-state index contributed by atoms with van der Waals surface area (Å²) in [5.41, 5.74) is 8.04. The van der Waals surface area contributed by atoms with E-state index < -0.39 is 0 Å². The van der Waals surface area contributed by atoms with Gasteiger partial charge in [-0.25, -0.2) is 0 Å². The SMILES string of the molecule is CCc1cc(Br)c(OC)c(CCN)c1. The molecule has 0 spiro atoms. The van der Waals surface area contributed by atoms with E-state index in [1.807, 2.05) is 0 Å². The van der Waals surface area contributed by atoms with Crippen molar-refractivity contribution in [3.05, 3.63) is 27.7 Å². The molecule has 14 heavy (non-hydrogen) atoms. The Morgan fingerprint density at radius 2 is 2.14 bits per heavy atom. The number of ether oxygens (including phenoxy) is 1. The van der Waals surface area contributed by atoms with Gasteiger partial charge in [0, 0.05) is 0 Å². The number of halogens is 1. The molecule has 1 rings (SSSR count). The Bertz CT molecular complexity index is 312. The highest BCUT2D eigenvalue weighted by Gasteiger charge is 2.08. The maximum atomic E-state index is 5.55. The fourth-order valence-corrected chi connectivity index (χ4v) is 2.20. The van der Waals surface area contributed by atoms with Gasteiger partial charge in [0.05, 0.1) is 11.6 Å². The summed E-state index contributed by atoms with van der Waals surface area (Å²) >= 11 is 3.50. The Morgan fingerprint density at radius 1 is 1.43 bits per heavy atom. The molecule has 0 aromatic heterocycles. The Hall–Kier alpha value is -0.540. The third kappa shape index (κ3) is 2.49. The van der Waals surface area contributed by atoms with Crippen LogP contribution in [0.4, 0.5) is 0 Å². The van der Waals surface area contributed by atoms with Crippen LogP contribution in [0.2, 0.25) is 0 Å². The number of hydrogen-bond donors (Lipinski definition) is 1. The minimum absolute atomic E-state index is 0.649. The Morgan fingerprint density at radius 3 is 2.64 bits per heavy atom. The van der Waals surface area contributed by atoms with Crippen molar-refractivity contribution in [2.45, 2.75) is 19.8 Å². The highest BCUT2D eigenvalue weighted by Crippen LogP contribution is 2.30. The molecule has 0 saturated heterocycles. The van der Waals surface area contributed by atoms with Crippen molar-refractivity contribution in [2.75, 3.05) is 13.7 Å². The molecule has 0 heterocycles. The Kier molecular flexibility index (Phi) is 4.42. The number of aryl methyl sites for hydroxylation is 1. The van der Waals surface area contributed by atoms with E-state index >= 15 is 0 Å². The van der Waals surface area contributed by atoms with Crippen LogP contribution in [0.15, 0.2) is 16.6 Å². The third-order valence-electron chi connectivity index (χ3n) is 2.21. The van der Waals surface area contributed by atoms with Gasteiger partial charge in [-0.1, -0.05) is 13.0 Å². The fourth-order valence-electron chi connectivity index (χ4n) is 1.49. The lowest BCUT2D eigenvalue weighted by atomic mass is 10.1. The minimum Gasteiger partial charge on any atom is -0.495 e. The second-order valence-corrected chi connectivity index (χ2v) is 4.02. The minimum atomic E-state index is 0.649. The van der Waals surface area contributed by atoms with Gasteiger partial charge >= 0.3 is 0 Å². The van der Waals surface area contributed by atoms with Crippen LogP contribution in [0, 0.1) is 0 Å². The maximum absolute atomic E-state index is 5.55. The molecule has 0 unspecified atom stereocenters. The molecule has 2 N–H and O–H groups in total. The number of methoxy groups -OCH3 is 1. The molecule has 0 saturated carbocycles. The first-order valence-corrected chi connectivity index (χ1v) is 5.57. The van der Waals surface area contributed by atoms with Gasteiger partial charge in [0.2, 0.25) is 0 Å². The quantitative estimate of drug-likeness (QED) is 0.900. The van der Waals surface area contributed by atoms with E-state index in [4.69, 9.17) is 10.5 Å². The normalized spacial score (nSPS) is 10.3. The van der Waals surface area contributed by atoms with Gasteiger partial charge in [-0.05, 0) is 52.5 Å². The van der Waals surface area contributed by atoms with Crippen molar-refractivity contribution < 1.29 is 4.74 Å². The van der Waals surface area contributed by atoms with Crippen LogP contribution in [0.25, 0.3) is 0 Å². The largest absolute Gasteiger partial charge is 0.495 e. The topological polar surface area (TPSA) is 35.2 Å². The van der Waals surface area contributed by atoms with Gasteiger partial charge in [-0.15, -0.1) is 0 Å². The van der Waals surface area contributed by atoms with Crippen LogP contribution in [-0.2, 0) is 12.8 Å². The molecular weight excluding hydrogens is 242 g/mol. The van der Waals surface area contributed by atoms with Gasteiger partial charge in [0.15, 0.2) is 0 Å². The molecule has 0 fully saturated rings. The molecule has 0 aliphatic carbocycles. The van der Waals surface area contributed by atoms with Crippen LogP contribution >= 0.6 is 15.9 Å². The van der Waals surface area contributed by atoms with E-state index in [0.29, 0.717) is 6.54 Å². The molecule has 0 aliphatic rings. The lowest BCUT2D eigenvalue weighted by Gasteiger charge is -2.11. The van der Waals surface area contributed by atoms with Crippen molar-refractivity contribution in [3.63, 3.8) is 0 Å². The van der Waals surface area contributed by atoms with Crippen molar-refractivity contribution in [1.29, 1.82) is 0 Å². The van der Waals surface area contributed by atoms with Gasteiger partial charge < -0.3 is 10.5 Å². The van der Waals surface area contributed by atoms with Crippen LogP contribution in [0.1, 0.15) is 18.1 Å². The number of hydrogen-bond acceptors (Lipinski definition) is 2. The monoisotopic (exact) mass is 257 g/mol. The number of rotatable bonds is 4. The number of nitrogens with two attached hydrogens (primary N) is 1. The molecule has 0 amide bonds. The van der Waals surface area contributed by atoms with Gasteiger partial charge in [0.1, 0.15) is 5.75 Å². The van der Waals surface area contributed by atoms with Crippen LogP contribution in [0.5, 0.6) is 5.75 Å². The zero-order chi connectivity index (χ0) is 10.6. The van der Waals surface area contributed by atoms with E-state index in [0.717, 1.165) is 23.1 Å². The molecule has 0 bridgehead atoms. The predicted octanol–water partition coefficient (Wildman–Crippen LogP) is 2.52. The molecule has 1 aromatic rings. The van der Waals surface area contributed by atoms with Gasteiger partial charge in [-0.2, -0.15) is 0 Å². The second kappa shape index (κ2) is 5.37. The molecular formula is C11H16BrNO. The zero-order valence-electron chi connectivity index (χ0n) is 8.64. The zero-order valence-corrected chi connectivity index (χ0v) is 10.2. The highest BCUT2D eigenvalue weighted by molar-refractivity contribution is 9.10. The van der Waals surface area contributed by atoms with E-state index in [9.17, 15) is 0 Å². The standard InChI is InChI=1S/C11H16BrNO/c1-3-8-6-9(4-5-13)11(14-2)10(12)7-8/h6-7H,3-5,13H2,1-2H3. The smallest absolute Gasteiger partial charge is 0.136 e. The highest BCUT2D eigenvalue weighted by atomic mass is 79.9. The summed E-state index contributed by atoms with van der Waals surface area (Å²) in [5, 5.41) is 0. The lowest BCUT2D eigenvalue weighted by Crippen LogP contribution is -2.05. The van der Waals surface area contributed by atoms with E-state index in [2.05, 4.69) is 35.0 Å². The van der Waals surface area contributed by atoms with E-state index in [1.165, 1.54) is 11.1 Å². The molecule has 0 atom stereocenters. The summed E-state index contributed by atoms with van der Waals surface area (Å²) in [7, 11) is 1.69. The summed E-state index contributed by atoms with van der Waals surface area (Å²) in [4.78, 5) is 0. The Labute approximate surface area is 93.6 Å². The molecule has 78 valence electrons. The van der Waals surface area contributed by atoms with Crippen LogP contribution < -0.4 is 10.5 Å². The van der Waals surface area contributed by atoms with Crippen molar-refractivity contribution >= 4 is 15.9 Å². The predicted molar refractivity (Wildman–Crippen MR) is 62.8 cm³/mol. The van der Waals surface area contributed by atoms with Crippen LogP contribution in [0.3, 0.4) is 0 Å². The molecule has 0 radical (unpaired) electrons.